The minimum absolute atomic E-state index is 0.0851. The third kappa shape index (κ3) is 2.76. The second kappa shape index (κ2) is 5.49. The first-order valence-electron chi connectivity index (χ1n) is 7.14. The molecule has 1 aromatic heterocycles. The van der Waals surface area contributed by atoms with E-state index < -0.39 is 0 Å². The highest BCUT2D eigenvalue weighted by Crippen LogP contribution is 2.47. The summed E-state index contributed by atoms with van der Waals surface area (Å²) in [7, 11) is 0. The van der Waals surface area contributed by atoms with Gasteiger partial charge in [0.15, 0.2) is 0 Å². The zero-order valence-electron chi connectivity index (χ0n) is 10.9. The summed E-state index contributed by atoms with van der Waals surface area (Å²) in [4.78, 5) is 16.0. The maximum atomic E-state index is 12.0. The summed E-state index contributed by atoms with van der Waals surface area (Å²) >= 11 is 5.76. The van der Waals surface area contributed by atoms with Crippen LogP contribution in [0.4, 0.5) is 0 Å². The molecule has 2 aliphatic rings. The van der Waals surface area contributed by atoms with Crippen molar-refractivity contribution in [3.8, 4) is 0 Å². The monoisotopic (exact) mass is 278 g/mol. The standard InChI is InChI=1S/C15H19ClN2O/c16-12-6-7-14(17-9-12)15(19)18-8-11-5-4-10-2-1-3-13(10)11/h6-7,9-11,13H,1-5,8H2,(H,18,19)/t10-,11+,13-/m0/s1. The van der Waals surface area contributed by atoms with Crippen molar-refractivity contribution in [2.24, 2.45) is 17.8 Å². The Balaban J connectivity index is 1.54. The number of nitrogens with zero attached hydrogens (tertiary/aromatic N) is 1. The van der Waals surface area contributed by atoms with Crippen LogP contribution in [0.1, 0.15) is 42.6 Å². The number of carbonyl (C=O) groups excluding carboxylic acids is 1. The molecule has 19 heavy (non-hydrogen) atoms. The fourth-order valence-electron chi connectivity index (χ4n) is 3.76. The number of fused-ring (bicyclic) bond motifs is 1. The van der Waals surface area contributed by atoms with Crippen molar-refractivity contribution in [3.63, 3.8) is 0 Å². The van der Waals surface area contributed by atoms with Crippen LogP contribution >= 0.6 is 11.6 Å². The van der Waals surface area contributed by atoms with E-state index in [1.807, 2.05) is 0 Å². The molecule has 1 N–H and O–H groups in total. The molecule has 0 aliphatic heterocycles. The normalized spacial score (nSPS) is 29.2. The zero-order valence-corrected chi connectivity index (χ0v) is 11.7. The Morgan fingerprint density at radius 3 is 3.00 bits per heavy atom. The molecule has 2 saturated carbocycles. The van der Waals surface area contributed by atoms with Gasteiger partial charge in [0, 0.05) is 12.7 Å². The molecular weight excluding hydrogens is 260 g/mol. The summed E-state index contributed by atoms with van der Waals surface area (Å²) in [6.07, 6.45) is 8.25. The molecule has 0 spiro atoms. The first-order chi connectivity index (χ1) is 9.24. The zero-order chi connectivity index (χ0) is 13.2. The highest BCUT2D eigenvalue weighted by atomic mass is 35.5. The average Bonchev–Trinajstić information content (AvgIpc) is 3.00. The van der Waals surface area contributed by atoms with E-state index in [0.29, 0.717) is 16.6 Å². The maximum Gasteiger partial charge on any atom is 0.269 e. The van der Waals surface area contributed by atoms with Gasteiger partial charge in [-0.3, -0.25) is 4.79 Å². The number of nitrogens with one attached hydrogen (secondary N) is 1. The van der Waals surface area contributed by atoms with E-state index in [-0.39, 0.29) is 5.91 Å². The molecule has 2 aliphatic carbocycles. The van der Waals surface area contributed by atoms with E-state index in [2.05, 4.69) is 10.3 Å². The van der Waals surface area contributed by atoms with E-state index in [4.69, 9.17) is 11.6 Å². The largest absolute Gasteiger partial charge is 0.350 e. The summed E-state index contributed by atoms with van der Waals surface area (Å²) < 4.78 is 0. The van der Waals surface area contributed by atoms with Crippen LogP contribution in [-0.2, 0) is 0 Å². The fraction of sp³-hybridized carbons (Fsp3) is 0.600. The molecule has 0 aromatic carbocycles. The summed E-state index contributed by atoms with van der Waals surface area (Å²) in [5, 5.41) is 3.59. The SMILES string of the molecule is O=C(NC[C@H]1CC[C@@H]2CCC[C@@H]21)c1ccc(Cl)cn1. The van der Waals surface area contributed by atoms with Crippen LogP contribution in [0.2, 0.25) is 5.02 Å². The van der Waals surface area contributed by atoms with Crippen LogP contribution in [-0.4, -0.2) is 17.4 Å². The number of rotatable bonds is 3. The van der Waals surface area contributed by atoms with E-state index in [1.165, 1.54) is 38.3 Å². The van der Waals surface area contributed by atoms with Crippen LogP contribution in [0, 0.1) is 17.8 Å². The minimum Gasteiger partial charge on any atom is -0.350 e. The minimum atomic E-state index is -0.0851. The molecule has 3 atom stereocenters. The lowest BCUT2D eigenvalue weighted by Gasteiger charge is -2.18. The van der Waals surface area contributed by atoms with Crippen molar-refractivity contribution in [1.82, 2.24) is 10.3 Å². The van der Waals surface area contributed by atoms with E-state index >= 15 is 0 Å². The van der Waals surface area contributed by atoms with Crippen molar-refractivity contribution in [2.75, 3.05) is 6.54 Å². The Labute approximate surface area is 118 Å². The topological polar surface area (TPSA) is 42.0 Å². The van der Waals surface area contributed by atoms with Gasteiger partial charge in [-0.2, -0.15) is 0 Å². The second-order valence-electron chi connectivity index (χ2n) is 5.76. The molecule has 0 radical (unpaired) electrons. The van der Waals surface area contributed by atoms with Gasteiger partial charge < -0.3 is 5.32 Å². The van der Waals surface area contributed by atoms with Crippen molar-refractivity contribution in [1.29, 1.82) is 0 Å². The third-order valence-electron chi connectivity index (χ3n) is 4.72. The first kappa shape index (κ1) is 12.9. The predicted octanol–water partition coefficient (Wildman–Crippen LogP) is 3.29. The van der Waals surface area contributed by atoms with Crippen LogP contribution in [0.3, 0.4) is 0 Å². The molecule has 0 saturated heterocycles. The van der Waals surface area contributed by atoms with Gasteiger partial charge in [-0.1, -0.05) is 24.4 Å². The van der Waals surface area contributed by atoms with Gasteiger partial charge >= 0.3 is 0 Å². The smallest absolute Gasteiger partial charge is 0.269 e. The van der Waals surface area contributed by atoms with Gasteiger partial charge in [-0.15, -0.1) is 0 Å². The van der Waals surface area contributed by atoms with Crippen molar-refractivity contribution in [3.05, 3.63) is 29.0 Å². The molecular formula is C15H19ClN2O. The lowest BCUT2D eigenvalue weighted by Crippen LogP contribution is -2.31. The number of pyridine rings is 1. The van der Waals surface area contributed by atoms with E-state index in [1.54, 1.807) is 12.1 Å². The quantitative estimate of drug-likeness (QED) is 0.922. The van der Waals surface area contributed by atoms with E-state index in [9.17, 15) is 4.79 Å². The number of aromatic nitrogens is 1. The van der Waals surface area contributed by atoms with Crippen LogP contribution in [0.5, 0.6) is 0 Å². The molecule has 2 fully saturated rings. The Bertz CT molecular complexity index is 460. The number of amides is 1. The Morgan fingerprint density at radius 1 is 1.32 bits per heavy atom. The number of hydrogen-bond acceptors (Lipinski definition) is 2. The molecule has 102 valence electrons. The van der Waals surface area contributed by atoms with Gasteiger partial charge in [-0.05, 0) is 49.1 Å². The number of carbonyl (C=O) groups is 1. The first-order valence-corrected chi connectivity index (χ1v) is 7.51. The highest BCUT2D eigenvalue weighted by molar-refractivity contribution is 6.30. The predicted molar refractivity (Wildman–Crippen MR) is 75.1 cm³/mol. The van der Waals surface area contributed by atoms with Crippen LogP contribution in [0.25, 0.3) is 0 Å². The molecule has 1 heterocycles. The molecule has 0 bridgehead atoms. The van der Waals surface area contributed by atoms with Gasteiger partial charge in [0.2, 0.25) is 0 Å². The molecule has 3 nitrogen and oxygen atoms in total. The van der Waals surface area contributed by atoms with Crippen LogP contribution < -0.4 is 5.32 Å². The van der Waals surface area contributed by atoms with Crippen molar-refractivity contribution >= 4 is 17.5 Å². The van der Waals surface area contributed by atoms with Gasteiger partial charge in [-0.25, -0.2) is 4.98 Å². The summed E-state index contributed by atoms with van der Waals surface area (Å²) in [5.74, 6) is 2.36. The van der Waals surface area contributed by atoms with Gasteiger partial charge in [0.05, 0.1) is 5.02 Å². The third-order valence-corrected chi connectivity index (χ3v) is 4.94. The maximum absolute atomic E-state index is 12.0. The second-order valence-corrected chi connectivity index (χ2v) is 6.20. The van der Waals surface area contributed by atoms with E-state index in [0.717, 1.165) is 18.4 Å². The molecule has 4 heteroatoms. The Kier molecular flexibility index (Phi) is 3.74. The molecule has 1 amide bonds. The molecule has 1 aromatic rings. The number of hydrogen-bond donors (Lipinski definition) is 1. The van der Waals surface area contributed by atoms with Gasteiger partial charge in [0.25, 0.3) is 5.91 Å². The van der Waals surface area contributed by atoms with Crippen molar-refractivity contribution in [2.45, 2.75) is 32.1 Å². The lowest BCUT2D eigenvalue weighted by molar-refractivity contribution is 0.0938. The molecule has 0 unspecified atom stereocenters. The summed E-state index contributed by atoms with van der Waals surface area (Å²) in [6.45, 7) is 0.796. The fourth-order valence-corrected chi connectivity index (χ4v) is 3.88. The lowest BCUT2D eigenvalue weighted by atomic mass is 9.92. The highest BCUT2D eigenvalue weighted by Gasteiger charge is 2.38. The molecule has 3 rings (SSSR count). The Hall–Kier alpha value is -1.09. The Morgan fingerprint density at radius 2 is 2.21 bits per heavy atom. The van der Waals surface area contributed by atoms with Crippen LogP contribution in [0.15, 0.2) is 18.3 Å². The summed E-state index contributed by atoms with van der Waals surface area (Å²) in [5.41, 5.74) is 0.449. The van der Waals surface area contributed by atoms with Crippen molar-refractivity contribution < 1.29 is 4.79 Å². The van der Waals surface area contributed by atoms with Gasteiger partial charge in [0.1, 0.15) is 5.69 Å². The average molecular weight is 279 g/mol. The number of halogens is 1. The summed E-state index contributed by atoms with van der Waals surface area (Å²) in [6, 6.07) is 3.37.